The van der Waals surface area contributed by atoms with Gasteiger partial charge in [-0.15, -0.1) is 11.3 Å². The van der Waals surface area contributed by atoms with Crippen LogP contribution < -0.4 is 9.47 Å². The molecule has 24 heavy (non-hydrogen) atoms. The van der Waals surface area contributed by atoms with E-state index in [9.17, 15) is 4.79 Å². The van der Waals surface area contributed by atoms with Gasteiger partial charge in [-0.25, -0.2) is 0 Å². The summed E-state index contributed by atoms with van der Waals surface area (Å²) in [7, 11) is 3.14. The second kappa shape index (κ2) is 7.68. The van der Waals surface area contributed by atoms with Crippen molar-refractivity contribution >= 4 is 17.2 Å². The third kappa shape index (κ3) is 3.55. The molecule has 2 heterocycles. The summed E-state index contributed by atoms with van der Waals surface area (Å²) in [5, 5.41) is 2.10. The largest absolute Gasteiger partial charge is 0.493 e. The minimum absolute atomic E-state index is 0.00141. The van der Waals surface area contributed by atoms with Gasteiger partial charge in [0.15, 0.2) is 11.5 Å². The molecule has 0 spiro atoms. The summed E-state index contributed by atoms with van der Waals surface area (Å²) in [6, 6.07) is 9.65. The predicted molar refractivity (Wildman–Crippen MR) is 95.0 cm³/mol. The van der Waals surface area contributed by atoms with Gasteiger partial charge < -0.3 is 14.4 Å². The smallest absolute Gasteiger partial charge is 0.257 e. The van der Waals surface area contributed by atoms with Gasteiger partial charge in [0.25, 0.3) is 5.91 Å². The lowest BCUT2D eigenvalue weighted by molar-refractivity contribution is 0.0626. The van der Waals surface area contributed by atoms with Gasteiger partial charge in [0, 0.05) is 37.6 Å². The number of rotatable bonds is 5. The number of para-hydroxylation sites is 1. The Bertz CT molecular complexity index is 680. The molecule has 5 nitrogen and oxygen atoms in total. The number of benzene rings is 1. The second-order valence-electron chi connectivity index (χ2n) is 5.69. The molecule has 1 aliphatic rings. The van der Waals surface area contributed by atoms with Gasteiger partial charge in [-0.1, -0.05) is 12.1 Å². The number of methoxy groups -OCH3 is 2. The first kappa shape index (κ1) is 16.8. The van der Waals surface area contributed by atoms with Crippen LogP contribution in [0.4, 0.5) is 0 Å². The molecule has 0 unspecified atom stereocenters. The highest BCUT2D eigenvalue weighted by Gasteiger charge is 2.25. The Morgan fingerprint density at radius 1 is 1.08 bits per heavy atom. The van der Waals surface area contributed by atoms with Crippen molar-refractivity contribution in [3.63, 3.8) is 0 Å². The van der Waals surface area contributed by atoms with Crippen molar-refractivity contribution in [2.24, 2.45) is 0 Å². The van der Waals surface area contributed by atoms with Crippen LogP contribution >= 0.6 is 11.3 Å². The van der Waals surface area contributed by atoms with E-state index in [1.54, 1.807) is 37.7 Å². The van der Waals surface area contributed by atoms with Crippen LogP contribution in [0, 0.1) is 0 Å². The Hall–Kier alpha value is -2.05. The number of hydrogen-bond donors (Lipinski definition) is 0. The molecule has 0 aliphatic carbocycles. The van der Waals surface area contributed by atoms with Crippen LogP contribution in [0.1, 0.15) is 15.2 Å². The van der Waals surface area contributed by atoms with Gasteiger partial charge in [0.2, 0.25) is 0 Å². The van der Waals surface area contributed by atoms with E-state index in [0.717, 1.165) is 32.7 Å². The van der Waals surface area contributed by atoms with E-state index < -0.39 is 0 Å². The highest BCUT2D eigenvalue weighted by molar-refractivity contribution is 7.09. The van der Waals surface area contributed by atoms with Crippen LogP contribution in [0.2, 0.25) is 0 Å². The molecule has 0 atom stereocenters. The van der Waals surface area contributed by atoms with Crippen LogP contribution in [0.15, 0.2) is 35.7 Å². The summed E-state index contributed by atoms with van der Waals surface area (Å²) in [5.41, 5.74) is 0.559. The van der Waals surface area contributed by atoms with E-state index in [1.165, 1.54) is 4.88 Å². The predicted octanol–water partition coefficient (Wildman–Crippen LogP) is 2.72. The number of carbonyl (C=O) groups excluding carboxylic acids is 1. The topological polar surface area (TPSA) is 42.0 Å². The fourth-order valence-corrected chi connectivity index (χ4v) is 3.70. The molecule has 0 saturated carbocycles. The summed E-state index contributed by atoms with van der Waals surface area (Å²) < 4.78 is 10.7. The number of thiophene rings is 1. The molecule has 1 aromatic heterocycles. The Kier molecular flexibility index (Phi) is 5.37. The molecule has 6 heteroatoms. The average molecular weight is 346 g/mol. The molecule has 2 aromatic rings. The number of ether oxygens (including phenoxy) is 2. The number of carbonyl (C=O) groups is 1. The van der Waals surface area contributed by atoms with Crippen LogP contribution in [0.5, 0.6) is 11.5 Å². The molecule has 0 bridgehead atoms. The van der Waals surface area contributed by atoms with E-state index in [1.807, 2.05) is 11.0 Å². The number of hydrogen-bond acceptors (Lipinski definition) is 5. The zero-order valence-electron chi connectivity index (χ0n) is 14.0. The zero-order chi connectivity index (χ0) is 16.9. The molecule has 0 N–H and O–H groups in total. The lowest BCUT2D eigenvalue weighted by Gasteiger charge is -2.34. The van der Waals surface area contributed by atoms with E-state index in [-0.39, 0.29) is 5.91 Å². The zero-order valence-corrected chi connectivity index (χ0v) is 14.8. The molecule has 1 aromatic carbocycles. The first-order valence-electron chi connectivity index (χ1n) is 7.98. The fraction of sp³-hybridized carbons (Fsp3) is 0.389. The molecular weight excluding hydrogens is 324 g/mol. The molecule has 1 fully saturated rings. The lowest BCUT2D eigenvalue weighted by Crippen LogP contribution is -2.48. The van der Waals surface area contributed by atoms with Crippen molar-refractivity contribution in [3.05, 3.63) is 46.2 Å². The van der Waals surface area contributed by atoms with Crippen LogP contribution in [0.3, 0.4) is 0 Å². The van der Waals surface area contributed by atoms with E-state index in [0.29, 0.717) is 17.1 Å². The minimum atomic E-state index is 0.00141. The summed E-state index contributed by atoms with van der Waals surface area (Å²) in [5.74, 6) is 1.09. The highest BCUT2D eigenvalue weighted by Crippen LogP contribution is 2.31. The van der Waals surface area contributed by atoms with Gasteiger partial charge >= 0.3 is 0 Å². The van der Waals surface area contributed by atoms with Gasteiger partial charge in [-0.05, 0) is 23.6 Å². The van der Waals surface area contributed by atoms with Crippen molar-refractivity contribution in [2.45, 2.75) is 6.54 Å². The molecule has 1 saturated heterocycles. The van der Waals surface area contributed by atoms with E-state index >= 15 is 0 Å². The lowest BCUT2D eigenvalue weighted by atomic mass is 10.1. The molecule has 1 amide bonds. The van der Waals surface area contributed by atoms with Crippen LogP contribution in [-0.4, -0.2) is 56.1 Å². The SMILES string of the molecule is COc1cccc(C(=O)N2CCN(Cc3cccs3)CC2)c1OC. The van der Waals surface area contributed by atoms with Crippen molar-refractivity contribution in [2.75, 3.05) is 40.4 Å². The van der Waals surface area contributed by atoms with E-state index in [2.05, 4.69) is 22.4 Å². The second-order valence-corrected chi connectivity index (χ2v) is 6.72. The van der Waals surface area contributed by atoms with Crippen LogP contribution in [-0.2, 0) is 6.54 Å². The maximum atomic E-state index is 12.8. The Balaban J connectivity index is 1.65. The highest BCUT2D eigenvalue weighted by atomic mass is 32.1. The Morgan fingerprint density at radius 3 is 2.50 bits per heavy atom. The average Bonchev–Trinajstić information content (AvgIpc) is 3.14. The molecular formula is C18H22N2O3S. The molecule has 1 aliphatic heterocycles. The summed E-state index contributed by atoms with van der Waals surface area (Å²) in [6.07, 6.45) is 0. The van der Waals surface area contributed by atoms with Crippen molar-refractivity contribution < 1.29 is 14.3 Å². The Labute approximate surface area is 146 Å². The fourth-order valence-electron chi connectivity index (χ4n) is 2.96. The van der Waals surface area contributed by atoms with Crippen molar-refractivity contribution in [1.29, 1.82) is 0 Å². The molecule has 0 radical (unpaired) electrons. The first-order chi connectivity index (χ1) is 11.7. The normalized spacial score (nSPS) is 15.3. The summed E-state index contributed by atoms with van der Waals surface area (Å²) >= 11 is 1.78. The number of piperazine rings is 1. The third-order valence-electron chi connectivity index (χ3n) is 4.25. The summed E-state index contributed by atoms with van der Waals surface area (Å²) in [6.45, 7) is 4.18. The van der Waals surface area contributed by atoms with Gasteiger partial charge in [-0.3, -0.25) is 9.69 Å². The van der Waals surface area contributed by atoms with Gasteiger partial charge in [0.05, 0.1) is 19.8 Å². The maximum absolute atomic E-state index is 12.8. The van der Waals surface area contributed by atoms with Gasteiger partial charge in [0.1, 0.15) is 0 Å². The molecule has 3 rings (SSSR count). The number of amides is 1. The standard InChI is InChI=1S/C18H22N2O3S/c1-22-16-7-3-6-15(17(16)23-2)18(21)20-10-8-19(9-11-20)13-14-5-4-12-24-14/h3-7,12H,8-11,13H2,1-2H3. The van der Waals surface area contributed by atoms with Gasteiger partial charge in [-0.2, -0.15) is 0 Å². The summed E-state index contributed by atoms with van der Waals surface area (Å²) in [4.78, 5) is 18.5. The maximum Gasteiger partial charge on any atom is 0.257 e. The minimum Gasteiger partial charge on any atom is -0.493 e. The van der Waals surface area contributed by atoms with Crippen molar-refractivity contribution in [3.8, 4) is 11.5 Å². The Morgan fingerprint density at radius 2 is 1.88 bits per heavy atom. The van der Waals surface area contributed by atoms with Crippen molar-refractivity contribution in [1.82, 2.24) is 9.80 Å². The quantitative estimate of drug-likeness (QED) is 0.835. The van der Waals surface area contributed by atoms with Crippen LogP contribution in [0.25, 0.3) is 0 Å². The van der Waals surface area contributed by atoms with E-state index in [4.69, 9.17) is 9.47 Å². The number of nitrogens with zero attached hydrogens (tertiary/aromatic N) is 2. The monoisotopic (exact) mass is 346 g/mol. The molecule has 128 valence electrons. The third-order valence-corrected chi connectivity index (χ3v) is 5.11. The first-order valence-corrected chi connectivity index (χ1v) is 8.86.